The van der Waals surface area contributed by atoms with E-state index in [9.17, 15) is 18.0 Å². The Bertz CT molecular complexity index is 1020. The maximum absolute atomic E-state index is 12.6. The number of amides is 2. The number of sulfonamides is 1. The predicted octanol–water partition coefficient (Wildman–Crippen LogP) is 2.05. The fraction of sp³-hybridized carbons (Fsp3) is 0.364. The molecule has 2 aromatic carbocycles. The van der Waals surface area contributed by atoms with Gasteiger partial charge in [-0.05, 0) is 36.6 Å². The summed E-state index contributed by atoms with van der Waals surface area (Å²) < 4.78 is 26.3. The van der Waals surface area contributed by atoms with Gasteiger partial charge in [0.2, 0.25) is 21.8 Å². The maximum Gasteiger partial charge on any atom is 0.243 e. The zero-order valence-corrected chi connectivity index (χ0v) is 18.1. The second-order valence-corrected chi connectivity index (χ2v) is 9.58. The molecule has 0 radical (unpaired) electrons. The molecular formula is C22H27N3O4S. The van der Waals surface area contributed by atoms with Crippen LogP contribution >= 0.6 is 0 Å². The Morgan fingerprint density at radius 2 is 1.77 bits per heavy atom. The van der Waals surface area contributed by atoms with Crippen molar-refractivity contribution in [3.05, 3.63) is 65.2 Å². The van der Waals surface area contributed by atoms with Crippen molar-refractivity contribution in [2.45, 2.75) is 37.8 Å². The normalized spacial score (nSPS) is 14.4. The molecule has 8 heteroatoms. The molecule has 1 aliphatic heterocycles. The van der Waals surface area contributed by atoms with E-state index in [0.717, 1.165) is 34.0 Å². The summed E-state index contributed by atoms with van der Waals surface area (Å²) in [6.07, 6.45) is 1.46. The van der Waals surface area contributed by atoms with Gasteiger partial charge < -0.3 is 10.2 Å². The molecule has 0 unspecified atom stereocenters. The van der Waals surface area contributed by atoms with Gasteiger partial charge >= 0.3 is 0 Å². The lowest BCUT2D eigenvalue weighted by atomic mass is 10.1. The van der Waals surface area contributed by atoms with E-state index in [-0.39, 0.29) is 29.8 Å². The van der Waals surface area contributed by atoms with Crippen molar-refractivity contribution in [2.24, 2.45) is 0 Å². The lowest BCUT2D eigenvalue weighted by Crippen LogP contribution is -2.38. The molecule has 1 saturated heterocycles. The number of carbonyl (C=O) groups excluding carboxylic acids is 2. The van der Waals surface area contributed by atoms with E-state index in [1.807, 2.05) is 36.1 Å². The summed E-state index contributed by atoms with van der Waals surface area (Å²) in [5.41, 5.74) is 2.85. The highest BCUT2D eigenvalue weighted by atomic mass is 32.2. The predicted molar refractivity (Wildman–Crippen MR) is 114 cm³/mol. The SMILES string of the molecule is Cc1ccc(S(=O)(=O)N(C)CC(=O)NCc2ccccc2CN2CCCC2=O)cc1. The van der Waals surface area contributed by atoms with Crippen molar-refractivity contribution in [2.75, 3.05) is 20.1 Å². The molecule has 3 rings (SSSR count). The lowest BCUT2D eigenvalue weighted by molar-refractivity contribution is -0.128. The van der Waals surface area contributed by atoms with Crippen molar-refractivity contribution in [3.8, 4) is 0 Å². The smallest absolute Gasteiger partial charge is 0.243 e. The third kappa shape index (κ3) is 5.25. The molecule has 2 aromatic rings. The third-order valence-corrected chi connectivity index (χ3v) is 7.04. The fourth-order valence-electron chi connectivity index (χ4n) is 3.39. The first-order valence-electron chi connectivity index (χ1n) is 9.91. The van der Waals surface area contributed by atoms with Crippen molar-refractivity contribution >= 4 is 21.8 Å². The zero-order chi connectivity index (χ0) is 21.7. The van der Waals surface area contributed by atoms with Crippen LogP contribution in [0.3, 0.4) is 0 Å². The average molecular weight is 430 g/mol. The molecule has 1 fully saturated rings. The molecule has 1 N–H and O–H groups in total. The molecular weight excluding hydrogens is 402 g/mol. The topological polar surface area (TPSA) is 86.8 Å². The molecule has 2 amide bonds. The second kappa shape index (κ2) is 9.40. The van der Waals surface area contributed by atoms with E-state index in [1.165, 1.54) is 19.2 Å². The first-order chi connectivity index (χ1) is 14.3. The van der Waals surface area contributed by atoms with Gasteiger partial charge in [0.15, 0.2) is 0 Å². The summed E-state index contributed by atoms with van der Waals surface area (Å²) in [7, 11) is -2.34. The number of benzene rings is 2. The highest BCUT2D eigenvalue weighted by Crippen LogP contribution is 2.18. The van der Waals surface area contributed by atoms with Crippen LogP contribution in [-0.4, -0.2) is 49.6 Å². The summed E-state index contributed by atoms with van der Waals surface area (Å²) in [6.45, 7) is 3.15. The Balaban J connectivity index is 1.59. The third-order valence-electron chi connectivity index (χ3n) is 5.22. The van der Waals surface area contributed by atoms with E-state index in [1.54, 1.807) is 12.1 Å². The van der Waals surface area contributed by atoms with Gasteiger partial charge in [-0.2, -0.15) is 4.31 Å². The van der Waals surface area contributed by atoms with Crippen LogP contribution in [0.25, 0.3) is 0 Å². The minimum absolute atomic E-state index is 0.150. The van der Waals surface area contributed by atoms with Gasteiger partial charge in [-0.1, -0.05) is 42.0 Å². The highest BCUT2D eigenvalue weighted by molar-refractivity contribution is 7.89. The first kappa shape index (κ1) is 22.0. The summed E-state index contributed by atoms with van der Waals surface area (Å²) in [5, 5.41) is 2.79. The van der Waals surface area contributed by atoms with E-state index >= 15 is 0 Å². The molecule has 0 bridgehead atoms. The number of hydrogen-bond donors (Lipinski definition) is 1. The quantitative estimate of drug-likeness (QED) is 0.696. The van der Waals surface area contributed by atoms with Crippen molar-refractivity contribution < 1.29 is 18.0 Å². The van der Waals surface area contributed by atoms with Crippen LogP contribution in [0, 0.1) is 6.92 Å². The number of likely N-dealkylation sites (N-methyl/N-ethyl adjacent to an activating group) is 1. The maximum atomic E-state index is 12.6. The van der Waals surface area contributed by atoms with Gasteiger partial charge in [0.25, 0.3) is 0 Å². The molecule has 30 heavy (non-hydrogen) atoms. The number of hydrogen-bond acceptors (Lipinski definition) is 4. The minimum atomic E-state index is -3.74. The van der Waals surface area contributed by atoms with Crippen LogP contribution in [0.2, 0.25) is 0 Å². The first-order valence-corrected chi connectivity index (χ1v) is 11.4. The Hall–Kier alpha value is -2.71. The van der Waals surface area contributed by atoms with Crippen LogP contribution < -0.4 is 5.32 Å². The number of aryl methyl sites for hydroxylation is 1. The monoisotopic (exact) mass is 429 g/mol. The van der Waals surface area contributed by atoms with Crippen LogP contribution in [-0.2, 0) is 32.7 Å². The van der Waals surface area contributed by atoms with Crippen molar-refractivity contribution in [3.63, 3.8) is 0 Å². The van der Waals surface area contributed by atoms with Crippen molar-refractivity contribution in [1.29, 1.82) is 0 Å². The summed E-state index contributed by atoms with van der Waals surface area (Å²) in [4.78, 5) is 26.3. The highest BCUT2D eigenvalue weighted by Gasteiger charge is 2.23. The van der Waals surface area contributed by atoms with Crippen molar-refractivity contribution in [1.82, 2.24) is 14.5 Å². The molecule has 0 saturated carbocycles. The van der Waals surface area contributed by atoms with Gasteiger partial charge in [-0.3, -0.25) is 9.59 Å². The van der Waals surface area contributed by atoms with Gasteiger partial charge in [-0.25, -0.2) is 8.42 Å². The van der Waals surface area contributed by atoms with Gasteiger partial charge in [-0.15, -0.1) is 0 Å². The Kier molecular flexibility index (Phi) is 6.89. The number of rotatable bonds is 8. The zero-order valence-electron chi connectivity index (χ0n) is 17.3. The Labute approximate surface area is 177 Å². The van der Waals surface area contributed by atoms with Gasteiger partial charge in [0.1, 0.15) is 0 Å². The van der Waals surface area contributed by atoms with E-state index in [2.05, 4.69) is 5.32 Å². The number of carbonyl (C=O) groups is 2. The largest absolute Gasteiger partial charge is 0.351 e. The molecule has 0 atom stereocenters. The summed E-state index contributed by atoms with van der Waals surface area (Å²) >= 11 is 0. The lowest BCUT2D eigenvalue weighted by Gasteiger charge is -2.19. The van der Waals surface area contributed by atoms with Gasteiger partial charge in [0, 0.05) is 33.1 Å². The molecule has 1 aliphatic rings. The molecule has 7 nitrogen and oxygen atoms in total. The Morgan fingerprint density at radius 1 is 1.10 bits per heavy atom. The number of nitrogens with zero attached hydrogens (tertiary/aromatic N) is 2. The van der Waals surface area contributed by atoms with E-state index in [0.29, 0.717) is 13.0 Å². The van der Waals surface area contributed by atoms with Crippen LogP contribution in [0.5, 0.6) is 0 Å². The molecule has 0 spiro atoms. The minimum Gasteiger partial charge on any atom is -0.351 e. The Morgan fingerprint density at radius 3 is 2.40 bits per heavy atom. The standard InChI is InChI=1S/C22H27N3O4S/c1-17-9-11-20(12-10-17)30(28,29)24(2)16-21(26)23-14-18-6-3-4-7-19(18)15-25-13-5-8-22(25)27/h3-4,6-7,9-12H,5,8,13-16H2,1-2H3,(H,23,26). The fourth-order valence-corrected chi connectivity index (χ4v) is 4.52. The second-order valence-electron chi connectivity index (χ2n) is 7.54. The number of nitrogens with one attached hydrogen (secondary N) is 1. The molecule has 0 aromatic heterocycles. The van der Waals surface area contributed by atoms with Crippen LogP contribution in [0.15, 0.2) is 53.4 Å². The molecule has 160 valence electrons. The summed E-state index contributed by atoms with van der Waals surface area (Å²) in [6, 6.07) is 14.2. The van der Waals surface area contributed by atoms with Crippen LogP contribution in [0.4, 0.5) is 0 Å². The average Bonchev–Trinajstić information content (AvgIpc) is 3.12. The molecule has 1 heterocycles. The van der Waals surface area contributed by atoms with Gasteiger partial charge in [0.05, 0.1) is 11.4 Å². The summed E-state index contributed by atoms with van der Waals surface area (Å²) in [5.74, 6) is -0.239. The number of likely N-dealkylation sites (tertiary alicyclic amines) is 1. The van der Waals surface area contributed by atoms with E-state index in [4.69, 9.17) is 0 Å². The van der Waals surface area contributed by atoms with Crippen LogP contribution in [0.1, 0.15) is 29.5 Å². The van der Waals surface area contributed by atoms with E-state index < -0.39 is 10.0 Å². The molecule has 0 aliphatic carbocycles.